The maximum absolute atomic E-state index is 13.0. The summed E-state index contributed by atoms with van der Waals surface area (Å²) in [7, 11) is -1.86. The number of ether oxygens (including phenoxy) is 1. The number of rotatable bonds is 6. The molecule has 1 fully saturated rings. The third-order valence-corrected chi connectivity index (χ3v) is 5.93. The van der Waals surface area contributed by atoms with Gasteiger partial charge in [0, 0.05) is 39.9 Å². The van der Waals surface area contributed by atoms with Gasteiger partial charge in [0.15, 0.2) is 0 Å². The lowest BCUT2D eigenvalue weighted by atomic mass is 10.2. The zero-order chi connectivity index (χ0) is 16.9. The monoisotopic (exact) mass is 344 g/mol. The fourth-order valence-electron chi connectivity index (χ4n) is 2.90. The van der Waals surface area contributed by atoms with Crippen molar-refractivity contribution in [1.82, 2.24) is 9.21 Å². The second-order valence-electron chi connectivity index (χ2n) is 6.07. The molecule has 0 spiro atoms. The Bertz CT molecular complexity index is 592. The minimum Gasteiger partial charge on any atom is -0.384 e. The molecule has 0 bridgehead atoms. The molecular formula is C16H25FN2O3S. The number of methoxy groups -OCH3 is 1. The summed E-state index contributed by atoms with van der Waals surface area (Å²) < 4.78 is 44.9. The molecule has 7 heteroatoms. The highest BCUT2D eigenvalue weighted by Gasteiger charge is 2.27. The van der Waals surface area contributed by atoms with Gasteiger partial charge in [0.2, 0.25) is 10.0 Å². The predicted octanol–water partition coefficient (Wildman–Crippen LogP) is 1.80. The maximum atomic E-state index is 13.0. The molecule has 1 atom stereocenters. The van der Waals surface area contributed by atoms with Crippen LogP contribution in [-0.4, -0.2) is 64.1 Å². The lowest BCUT2D eigenvalue weighted by Gasteiger charge is -2.24. The molecule has 23 heavy (non-hydrogen) atoms. The molecule has 1 heterocycles. The van der Waals surface area contributed by atoms with Gasteiger partial charge in [-0.1, -0.05) is 6.92 Å². The summed E-state index contributed by atoms with van der Waals surface area (Å²) in [4.78, 5) is 2.43. The van der Waals surface area contributed by atoms with Gasteiger partial charge in [-0.15, -0.1) is 0 Å². The van der Waals surface area contributed by atoms with E-state index in [-0.39, 0.29) is 4.90 Å². The summed E-state index contributed by atoms with van der Waals surface area (Å²) in [6.07, 6.45) is 0.792. The van der Waals surface area contributed by atoms with E-state index in [1.54, 1.807) is 7.11 Å². The van der Waals surface area contributed by atoms with Crippen LogP contribution >= 0.6 is 0 Å². The van der Waals surface area contributed by atoms with Crippen LogP contribution in [0.4, 0.5) is 4.39 Å². The molecule has 1 unspecified atom stereocenters. The Hall–Kier alpha value is -1.02. The topological polar surface area (TPSA) is 49.9 Å². The SMILES string of the molecule is COCC(C)CN1CCCN(S(=O)(=O)c2ccc(F)cc2)CC1. The van der Waals surface area contributed by atoms with E-state index in [1.165, 1.54) is 28.6 Å². The fourth-order valence-corrected chi connectivity index (χ4v) is 4.37. The van der Waals surface area contributed by atoms with Crippen LogP contribution in [0.15, 0.2) is 29.2 Å². The average Bonchev–Trinajstić information content (AvgIpc) is 2.74. The van der Waals surface area contributed by atoms with Gasteiger partial charge < -0.3 is 9.64 Å². The summed E-state index contributed by atoms with van der Waals surface area (Å²) in [5.74, 6) is -0.0154. The first-order valence-corrected chi connectivity index (χ1v) is 9.34. The van der Waals surface area contributed by atoms with Crippen molar-refractivity contribution in [3.63, 3.8) is 0 Å². The van der Waals surface area contributed by atoms with Crippen molar-refractivity contribution >= 4 is 10.0 Å². The number of benzene rings is 1. The summed E-state index contributed by atoms with van der Waals surface area (Å²) in [5, 5.41) is 0. The Labute approximate surface area is 138 Å². The van der Waals surface area contributed by atoms with E-state index in [1.807, 2.05) is 0 Å². The molecule has 1 saturated heterocycles. The largest absolute Gasteiger partial charge is 0.384 e. The summed E-state index contributed by atoms with van der Waals surface area (Å²) >= 11 is 0. The molecular weight excluding hydrogens is 319 g/mol. The van der Waals surface area contributed by atoms with E-state index in [2.05, 4.69) is 11.8 Å². The van der Waals surface area contributed by atoms with Crippen molar-refractivity contribution in [2.45, 2.75) is 18.2 Å². The van der Waals surface area contributed by atoms with Crippen molar-refractivity contribution in [3.8, 4) is 0 Å². The van der Waals surface area contributed by atoms with E-state index >= 15 is 0 Å². The maximum Gasteiger partial charge on any atom is 0.243 e. The van der Waals surface area contributed by atoms with Crippen molar-refractivity contribution in [3.05, 3.63) is 30.1 Å². The van der Waals surface area contributed by atoms with Crippen LogP contribution in [0.3, 0.4) is 0 Å². The van der Waals surface area contributed by atoms with Crippen molar-refractivity contribution in [2.24, 2.45) is 5.92 Å². The lowest BCUT2D eigenvalue weighted by Crippen LogP contribution is -2.36. The molecule has 0 aromatic heterocycles. The molecule has 1 aliphatic heterocycles. The number of halogens is 1. The molecule has 1 aromatic rings. The highest BCUT2D eigenvalue weighted by atomic mass is 32.2. The first kappa shape index (κ1) is 18.3. The highest BCUT2D eigenvalue weighted by molar-refractivity contribution is 7.89. The van der Waals surface area contributed by atoms with Crippen LogP contribution in [0.5, 0.6) is 0 Å². The van der Waals surface area contributed by atoms with Gasteiger partial charge in [0.1, 0.15) is 5.82 Å². The minimum absolute atomic E-state index is 0.153. The van der Waals surface area contributed by atoms with Gasteiger partial charge in [-0.2, -0.15) is 4.31 Å². The molecule has 0 radical (unpaired) electrons. The molecule has 1 aromatic carbocycles. The Morgan fingerprint density at radius 2 is 1.87 bits per heavy atom. The minimum atomic E-state index is -3.55. The smallest absolute Gasteiger partial charge is 0.243 e. The lowest BCUT2D eigenvalue weighted by molar-refractivity contribution is 0.131. The van der Waals surface area contributed by atoms with Gasteiger partial charge in [-0.25, -0.2) is 12.8 Å². The van der Waals surface area contributed by atoms with Crippen molar-refractivity contribution in [1.29, 1.82) is 0 Å². The summed E-state index contributed by atoms with van der Waals surface area (Å²) in [6.45, 7) is 6.26. The van der Waals surface area contributed by atoms with E-state index in [4.69, 9.17) is 4.74 Å². The number of hydrogen-bond acceptors (Lipinski definition) is 4. The molecule has 0 N–H and O–H groups in total. The van der Waals surface area contributed by atoms with E-state index in [9.17, 15) is 12.8 Å². The Morgan fingerprint density at radius 3 is 2.52 bits per heavy atom. The first-order chi connectivity index (χ1) is 10.9. The third-order valence-electron chi connectivity index (χ3n) is 4.02. The molecule has 1 aliphatic rings. The summed E-state index contributed by atoms with van der Waals surface area (Å²) in [5.41, 5.74) is 0. The molecule has 5 nitrogen and oxygen atoms in total. The van der Waals surface area contributed by atoms with Crippen LogP contribution in [0.2, 0.25) is 0 Å². The van der Waals surface area contributed by atoms with Crippen LogP contribution in [-0.2, 0) is 14.8 Å². The normalized spacial score (nSPS) is 19.4. The molecule has 2 rings (SSSR count). The van der Waals surface area contributed by atoms with Gasteiger partial charge >= 0.3 is 0 Å². The molecule has 0 amide bonds. The van der Waals surface area contributed by atoms with Crippen LogP contribution in [0.1, 0.15) is 13.3 Å². The van der Waals surface area contributed by atoms with Gasteiger partial charge in [0.05, 0.1) is 4.90 Å². The van der Waals surface area contributed by atoms with E-state index in [0.29, 0.717) is 32.2 Å². The van der Waals surface area contributed by atoms with Gasteiger partial charge in [-0.05, 0) is 43.1 Å². The molecule has 0 aliphatic carbocycles. The zero-order valence-electron chi connectivity index (χ0n) is 13.7. The average molecular weight is 344 g/mol. The highest BCUT2D eigenvalue weighted by Crippen LogP contribution is 2.18. The fraction of sp³-hybridized carbons (Fsp3) is 0.625. The number of hydrogen-bond donors (Lipinski definition) is 0. The Morgan fingerprint density at radius 1 is 1.17 bits per heavy atom. The van der Waals surface area contributed by atoms with Crippen molar-refractivity contribution in [2.75, 3.05) is 46.4 Å². The van der Waals surface area contributed by atoms with E-state index < -0.39 is 15.8 Å². The Balaban J connectivity index is 2.00. The number of nitrogens with zero attached hydrogens (tertiary/aromatic N) is 2. The second-order valence-corrected chi connectivity index (χ2v) is 8.01. The van der Waals surface area contributed by atoms with Crippen molar-refractivity contribution < 1.29 is 17.5 Å². The standard InChI is InChI=1S/C16H25FN2O3S/c1-14(13-22-2)12-18-8-3-9-19(11-10-18)23(20,21)16-6-4-15(17)5-7-16/h4-7,14H,3,8-13H2,1-2H3. The molecule has 130 valence electrons. The number of sulfonamides is 1. The van der Waals surface area contributed by atoms with Crippen LogP contribution in [0, 0.1) is 11.7 Å². The van der Waals surface area contributed by atoms with E-state index in [0.717, 1.165) is 19.5 Å². The second kappa shape index (κ2) is 8.19. The first-order valence-electron chi connectivity index (χ1n) is 7.90. The predicted molar refractivity (Wildman–Crippen MR) is 87.3 cm³/mol. The van der Waals surface area contributed by atoms with Crippen LogP contribution in [0.25, 0.3) is 0 Å². The summed E-state index contributed by atoms with van der Waals surface area (Å²) in [6, 6.07) is 5.02. The van der Waals surface area contributed by atoms with Crippen LogP contribution < -0.4 is 0 Å². The van der Waals surface area contributed by atoms with Gasteiger partial charge in [0.25, 0.3) is 0 Å². The molecule has 0 saturated carbocycles. The Kier molecular flexibility index (Phi) is 6.52. The quantitative estimate of drug-likeness (QED) is 0.790. The zero-order valence-corrected chi connectivity index (χ0v) is 14.6. The van der Waals surface area contributed by atoms with Gasteiger partial charge in [-0.3, -0.25) is 0 Å². The third kappa shape index (κ3) is 4.97.